The van der Waals surface area contributed by atoms with Gasteiger partial charge in [-0.2, -0.15) is 0 Å². The van der Waals surface area contributed by atoms with Crippen LogP contribution in [0.25, 0.3) is 10.9 Å². The zero-order valence-electron chi connectivity index (χ0n) is 15.6. The van der Waals surface area contributed by atoms with Crippen LogP contribution in [0.3, 0.4) is 0 Å². The molecule has 0 aliphatic carbocycles. The van der Waals surface area contributed by atoms with Gasteiger partial charge in [0.25, 0.3) is 0 Å². The molecule has 3 aromatic rings. The van der Waals surface area contributed by atoms with Gasteiger partial charge in [-0.25, -0.2) is 4.98 Å². The van der Waals surface area contributed by atoms with Crippen LogP contribution in [0, 0.1) is 5.41 Å². The van der Waals surface area contributed by atoms with Crippen molar-refractivity contribution in [2.45, 2.75) is 19.3 Å². The number of fused-ring (bicyclic) bond motifs is 1. The quantitative estimate of drug-likeness (QED) is 0.711. The highest BCUT2D eigenvalue weighted by Gasteiger charge is 2.34. The average molecular weight is 362 g/mol. The lowest BCUT2D eigenvalue weighted by Crippen LogP contribution is -2.43. The summed E-state index contributed by atoms with van der Waals surface area (Å²) >= 11 is 0. The van der Waals surface area contributed by atoms with E-state index in [-0.39, 0.29) is 12.0 Å². The number of para-hydroxylation sites is 2. The van der Waals surface area contributed by atoms with E-state index in [0.717, 1.165) is 49.4 Å². The summed E-state index contributed by atoms with van der Waals surface area (Å²) in [5.41, 5.74) is 0.979. The molecule has 0 amide bonds. The molecular formula is C23H26N2O2. The molecular weight excluding hydrogens is 336 g/mol. The fourth-order valence-corrected chi connectivity index (χ4v) is 3.83. The van der Waals surface area contributed by atoms with Gasteiger partial charge in [0, 0.05) is 30.5 Å². The third-order valence-corrected chi connectivity index (χ3v) is 5.71. The topological polar surface area (TPSA) is 45.6 Å². The Kier molecular flexibility index (Phi) is 5.26. The second-order valence-electron chi connectivity index (χ2n) is 7.42. The largest absolute Gasteiger partial charge is 0.494 e. The van der Waals surface area contributed by atoms with Crippen LogP contribution in [0.5, 0.6) is 5.75 Å². The Morgan fingerprint density at radius 3 is 2.44 bits per heavy atom. The number of piperidine rings is 1. The number of anilines is 1. The van der Waals surface area contributed by atoms with Crippen molar-refractivity contribution in [2.75, 3.05) is 31.2 Å². The van der Waals surface area contributed by atoms with Crippen LogP contribution in [0.2, 0.25) is 0 Å². The summed E-state index contributed by atoms with van der Waals surface area (Å²) in [4.78, 5) is 7.14. The van der Waals surface area contributed by atoms with Gasteiger partial charge in [0.2, 0.25) is 0 Å². The summed E-state index contributed by atoms with van der Waals surface area (Å²) in [6.45, 7) is 2.68. The maximum atomic E-state index is 10.0. The van der Waals surface area contributed by atoms with Crippen LogP contribution in [-0.4, -0.2) is 36.4 Å². The molecule has 0 spiro atoms. The van der Waals surface area contributed by atoms with Gasteiger partial charge < -0.3 is 14.7 Å². The van der Waals surface area contributed by atoms with Gasteiger partial charge >= 0.3 is 0 Å². The second-order valence-corrected chi connectivity index (χ2v) is 7.42. The van der Waals surface area contributed by atoms with Crippen molar-refractivity contribution in [3.8, 4) is 5.75 Å². The lowest BCUT2D eigenvalue weighted by molar-refractivity contribution is 0.0707. The fourth-order valence-electron chi connectivity index (χ4n) is 3.83. The Hall–Kier alpha value is -2.59. The first-order chi connectivity index (χ1) is 13.3. The number of aromatic nitrogens is 1. The average Bonchev–Trinajstić information content (AvgIpc) is 2.75. The number of aliphatic hydroxyl groups excluding tert-OH is 1. The predicted molar refractivity (Wildman–Crippen MR) is 109 cm³/mol. The molecule has 1 N–H and O–H groups in total. The molecule has 1 aromatic heterocycles. The Morgan fingerprint density at radius 1 is 0.926 bits per heavy atom. The molecule has 1 aliphatic heterocycles. The number of hydrogen-bond donors (Lipinski definition) is 1. The molecule has 27 heavy (non-hydrogen) atoms. The van der Waals surface area contributed by atoms with Crippen molar-refractivity contribution in [1.29, 1.82) is 0 Å². The number of pyridine rings is 1. The molecule has 2 heterocycles. The van der Waals surface area contributed by atoms with E-state index < -0.39 is 0 Å². The third kappa shape index (κ3) is 4.06. The molecule has 1 fully saturated rings. The molecule has 0 radical (unpaired) electrons. The normalized spacial score (nSPS) is 16.4. The fraction of sp³-hybridized carbons (Fsp3) is 0.348. The van der Waals surface area contributed by atoms with Gasteiger partial charge in [0.1, 0.15) is 11.6 Å². The molecule has 4 rings (SSSR count). The van der Waals surface area contributed by atoms with Crippen molar-refractivity contribution >= 4 is 16.7 Å². The van der Waals surface area contributed by atoms with Crippen LogP contribution in [0.4, 0.5) is 5.82 Å². The lowest BCUT2D eigenvalue weighted by Gasteiger charge is -2.41. The number of aliphatic hydroxyl groups is 1. The number of nitrogens with zero attached hydrogens (tertiary/aromatic N) is 2. The summed E-state index contributed by atoms with van der Waals surface area (Å²) in [6.07, 6.45) is 2.78. The van der Waals surface area contributed by atoms with Gasteiger partial charge in [-0.05, 0) is 49.6 Å². The summed E-state index contributed by atoms with van der Waals surface area (Å²) in [5, 5.41) is 11.2. The van der Waals surface area contributed by atoms with E-state index in [1.807, 2.05) is 42.5 Å². The molecule has 140 valence electrons. The highest BCUT2D eigenvalue weighted by molar-refractivity contribution is 5.80. The van der Waals surface area contributed by atoms with Crippen molar-refractivity contribution < 1.29 is 9.84 Å². The summed E-state index contributed by atoms with van der Waals surface area (Å²) in [5.74, 6) is 1.92. The third-order valence-electron chi connectivity index (χ3n) is 5.71. The maximum Gasteiger partial charge on any atom is 0.129 e. The molecule has 0 unspecified atom stereocenters. The molecule has 4 heteroatoms. The minimum atomic E-state index is -0.0534. The second kappa shape index (κ2) is 7.97. The van der Waals surface area contributed by atoms with E-state index in [4.69, 9.17) is 9.72 Å². The molecule has 2 aromatic carbocycles. The number of ether oxygens (including phenoxy) is 1. The van der Waals surface area contributed by atoms with E-state index >= 15 is 0 Å². The van der Waals surface area contributed by atoms with Crippen LogP contribution < -0.4 is 9.64 Å². The van der Waals surface area contributed by atoms with Crippen molar-refractivity contribution in [3.63, 3.8) is 0 Å². The van der Waals surface area contributed by atoms with Gasteiger partial charge in [-0.3, -0.25) is 0 Å². The number of benzene rings is 2. The lowest BCUT2D eigenvalue weighted by atomic mass is 9.76. The molecule has 1 saturated heterocycles. The Bertz CT molecular complexity index is 874. The van der Waals surface area contributed by atoms with Gasteiger partial charge in [0.15, 0.2) is 0 Å². The molecule has 0 saturated carbocycles. The standard InChI is InChI=1S/C23H26N2O2/c26-18-23(14-17-27-20-7-2-1-3-8-20)12-15-25(16-13-23)22-11-10-19-6-4-5-9-21(19)24-22/h1-11,26H,12-18H2. The SMILES string of the molecule is OCC1(CCOc2ccccc2)CCN(c2ccc3ccccc3n2)CC1. The predicted octanol–water partition coefficient (Wildman–Crippen LogP) is 4.28. The first-order valence-electron chi connectivity index (χ1n) is 9.68. The Morgan fingerprint density at radius 2 is 1.67 bits per heavy atom. The molecule has 0 bridgehead atoms. The molecule has 0 atom stereocenters. The maximum absolute atomic E-state index is 10.0. The Labute approximate surface area is 160 Å². The summed E-state index contributed by atoms with van der Waals surface area (Å²) in [6, 6.07) is 22.3. The molecule has 4 nitrogen and oxygen atoms in total. The highest BCUT2D eigenvalue weighted by Crippen LogP contribution is 2.36. The summed E-state index contributed by atoms with van der Waals surface area (Å²) < 4.78 is 5.86. The van der Waals surface area contributed by atoms with Crippen molar-refractivity contribution in [2.24, 2.45) is 5.41 Å². The van der Waals surface area contributed by atoms with Crippen LogP contribution in [-0.2, 0) is 0 Å². The van der Waals surface area contributed by atoms with E-state index in [9.17, 15) is 5.11 Å². The van der Waals surface area contributed by atoms with Gasteiger partial charge in [0.05, 0.1) is 12.1 Å². The first-order valence-corrected chi connectivity index (χ1v) is 9.68. The minimum absolute atomic E-state index is 0.0534. The monoisotopic (exact) mass is 362 g/mol. The van der Waals surface area contributed by atoms with Crippen LogP contribution >= 0.6 is 0 Å². The van der Waals surface area contributed by atoms with Crippen LogP contribution in [0.15, 0.2) is 66.7 Å². The number of rotatable bonds is 6. The van der Waals surface area contributed by atoms with E-state index in [2.05, 4.69) is 29.2 Å². The zero-order valence-corrected chi connectivity index (χ0v) is 15.6. The van der Waals surface area contributed by atoms with Crippen molar-refractivity contribution in [1.82, 2.24) is 4.98 Å². The highest BCUT2D eigenvalue weighted by atomic mass is 16.5. The summed E-state index contributed by atoms with van der Waals surface area (Å²) in [7, 11) is 0. The van der Waals surface area contributed by atoms with Gasteiger partial charge in [-0.15, -0.1) is 0 Å². The van der Waals surface area contributed by atoms with Gasteiger partial charge in [-0.1, -0.05) is 36.4 Å². The first kappa shape index (κ1) is 17.8. The van der Waals surface area contributed by atoms with E-state index in [1.165, 1.54) is 5.39 Å². The smallest absolute Gasteiger partial charge is 0.129 e. The number of hydrogen-bond acceptors (Lipinski definition) is 4. The van der Waals surface area contributed by atoms with Crippen LogP contribution in [0.1, 0.15) is 19.3 Å². The van der Waals surface area contributed by atoms with Crippen molar-refractivity contribution in [3.05, 3.63) is 66.7 Å². The van der Waals surface area contributed by atoms with E-state index in [1.54, 1.807) is 0 Å². The zero-order chi connectivity index (χ0) is 18.5. The Balaban J connectivity index is 1.36. The minimum Gasteiger partial charge on any atom is -0.494 e. The van der Waals surface area contributed by atoms with E-state index in [0.29, 0.717) is 6.61 Å². The molecule has 1 aliphatic rings.